The van der Waals surface area contributed by atoms with Crippen molar-refractivity contribution in [1.29, 1.82) is 5.26 Å². The van der Waals surface area contributed by atoms with E-state index in [0.29, 0.717) is 6.20 Å². The van der Waals surface area contributed by atoms with Crippen molar-refractivity contribution in [3.05, 3.63) is 26.3 Å². The molecular weight excluding hydrogens is 323 g/mol. The van der Waals surface area contributed by atoms with Crippen LogP contribution < -0.4 is 4.74 Å². The third-order valence-electron chi connectivity index (χ3n) is 1.72. The predicted molar refractivity (Wildman–Crippen MR) is 54.6 cm³/mol. The molecule has 0 aliphatic rings. The van der Waals surface area contributed by atoms with Crippen molar-refractivity contribution in [1.82, 2.24) is 4.98 Å². The molecule has 1 heterocycles. The van der Waals surface area contributed by atoms with Crippen LogP contribution in [0.15, 0.2) is 10.7 Å². The fourth-order valence-electron chi connectivity index (χ4n) is 1.06. The van der Waals surface area contributed by atoms with Gasteiger partial charge in [-0.15, -0.1) is 13.2 Å². The topological polar surface area (TPSA) is 89.0 Å². The van der Waals surface area contributed by atoms with Gasteiger partial charge in [-0.25, -0.2) is 4.98 Å². The molecular formula is C8H3BrF3N3O3. The number of alkyl halides is 3. The lowest BCUT2D eigenvalue weighted by Gasteiger charge is -2.11. The second-order valence-corrected chi connectivity index (χ2v) is 3.67. The summed E-state index contributed by atoms with van der Waals surface area (Å²) in [5.41, 5.74) is -0.876. The molecule has 6 nitrogen and oxygen atoms in total. The van der Waals surface area contributed by atoms with E-state index < -0.39 is 29.3 Å². The average molecular weight is 326 g/mol. The zero-order valence-electron chi connectivity index (χ0n) is 8.36. The van der Waals surface area contributed by atoms with Crippen LogP contribution in [0.2, 0.25) is 0 Å². The Kier molecular flexibility index (Phi) is 4.07. The van der Waals surface area contributed by atoms with Crippen molar-refractivity contribution in [3.63, 3.8) is 0 Å². The molecule has 0 saturated carbocycles. The summed E-state index contributed by atoms with van der Waals surface area (Å²) in [6.07, 6.45) is -4.89. The first kappa shape index (κ1) is 14.2. The van der Waals surface area contributed by atoms with E-state index in [9.17, 15) is 23.3 Å². The monoisotopic (exact) mass is 325 g/mol. The molecule has 10 heteroatoms. The number of halogens is 4. The van der Waals surface area contributed by atoms with Crippen LogP contribution in [0.25, 0.3) is 0 Å². The number of aromatic nitrogens is 1. The maximum absolute atomic E-state index is 12.1. The molecule has 0 radical (unpaired) electrons. The van der Waals surface area contributed by atoms with Gasteiger partial charge in [0.2, 0.25) is 5.88 Å². The van der Waals surface area contributed by atoms with E-state index in [1.807, 2.05) is 0 Å². The molecule has 0 amide bonds. The molecule has 0 saturated heterocycles. The number of nitrogens with zero attached hydrogens (tertiary/aromatic N) is 3. The molecule has 1 aromatic rings. The first-order valence-corrected chi connectivity index (χ1v) is 5.00. The van der Waals surface area contributed by atoms with Gasteiger partial charge in [-0.05, 0) is 15.9 Å². The van der Waals surface area contributed by atoms with Crippen molar-refractivity contribution in [3.8, 4) is 11.9 Å². The summed E-state index contributed by atoms with van der Waals surface area (Å²) in [5.74, 6) is -0.887. The quantitative estimate of drug-likeness (QED) is 0.629. The highest BCUT2D eigenvalue weighted by Crippen LogP contribution is 2.35. The van der Waals surface area contributed by atoms with Crippen LogP contribution in [0, 0.1) is 21.4 Å². The molecule has 18 heavy (non-hydrogen) atoms. The van der Waals surface area contributed by atoms with Crippen LogP contribution in [-0.4, -0.2) is 16.3 Å². The predicted octanol–water partition coefficient (Wildman–Crippen LogP) is 2.72. The van der Waals surface area contributed by atoms with E-state index in [1.54, 1.807) is 6.07 Å². The fraction of sp³-hybridized carbons (Fsp3) is 0.250. The second kappa shape index (κ2) is 5.18. The number of hydrogen-bond donors (Lipinski definition) is 0. The van der Waals surface area contributed by atoms with Gasteiger partial charge in [0.15, 0.2) is 0 Å². The molecule has 96 valence electrons. The summed E-state index contributed by atoms with van der Waals surface area (Å²) in [6, 6.07) is 1.58. The molecule has 1 rings (SSSR count). The lowest BCUT2D eigenvalue weighted by atomic mass is 10.2. The van der Waals surface area contributed by atoms with Gasteiger partial charge in [-0.2, -0.15) is 5.26 Å². The second-order valence-electron chi connectivity index (χ2n) is 2.88. The highest BCUT2D eigenvalue weighted by Gasteiger charge is 2.34. The molecule has 0 unspecified atom stereocenters. The van der Waals surface area contributed by atoms with Gasteiger partial charge in [0.25, 0.3) is 0 Å². The number of hydrogen-bond acceptors (Lipinski definition) is 5. The third-order valence-corrected chi connectivity index (χ3v) is 2.60. The first-order chi connectivity index (χ1) is 8.26. The van der Waals surface area contributed by atoms with E-state index >= 15 is 0 Å². The first-order valence-electron chi connectivity index (χ1n) is 4.20. The highest BCUT2D eigenvalue weighted by atomic mass is 79.9. The normalized spacial score (nSPS) is 10.8. The zero-order valence-corrected chi connectivity index (χ0v) is 9.95. The largest absolute Gasteiger partial charge is 0.574 e. The molecule has 0 aliphatic carbocycles. The minimum absolute atomic E-state index is 0.261. The fourth-order valence-corrected chi connectivity index (χ4v) is 1.62. The van der Waals surface area contributed by atoms with Gasteiger partial charge in [0.05, 0.1) is 17.4 Å². The molecule has 0 bridgehead atoms. The van der Waals surface area contributed by atoms with E-state index in [-0.39, 0.29) is 10.0 Å². The summed E-state index contributed by atoms with van der Waals surface area (Å²) < 4.78 is 39.5. The van der Waals surface area contributed by atoms with Gasteiger partial charge < -0.3 is 4.74 Å². The Morgan fingerprint density at radius 3 is 2.67 bits per heavy atom. The van der Waals surface area contributed by atoms with E-state index in [1.165, 1.54) is 0 Å². The number of nitro groups is 1. The van der Waals surface area contributed by atoms with Crippen molar-refractivity contribution in [2.75, 3.05) is 0 Å². The van der Waals surface area contributed by atoms with Crippen LogP contribution in [0.3, 0.4) is 0 Å². The van der Waals surface area contributed by atoms with Gasteiger partial charge in [-0.3, -0.25) is 10.1 Å². The number of ether oxygens (including phenoxy) is 1. The Bertz CT molecular complexity index is 527. The van der Waals surface area contributed by atoms with Crippen molar-refractivity contribution >= 4 is 21.6 Å². The number of rotatable bonds is 3. The maximum Gasteiger partial charge on any atom is 0.574 e. The molecule has 0 aliphatic heterocycles. The molecule has 0 fully saturated rings. The van der Waals surface area contributed by atoms with Crippen LogP contribution in [0.1, 0.15) is 5.56 Å². The zero-order chi connectivity index (χ0) is 13.9. The van der Waals surface area contributed by atoms with Crippen LogP contribution >= 0.6 is 15.9 Å². The van der Waals surface area contributed by atoms with Crippen molar-refractivity contribution < 1.29 is 22.8 Å². The molecule has 1 aromatic heterocycles. The molecule has 0 spiro atoms. The van der Waals surface area contributed by atoms with Gasteiger partial charge in [-0.1, -0.05) is 0 Å². The Hall–Kier alpha value is -1.89. The lowest BCUT2D eigenvalue weighted by Crippen LogP contribution is -2.19. The van der Waals surface area contributed by atoms with Crippen LogP contribution in [0.5, 0.6) is 5.88 Å². The molecule has 0 atom stereocenters. The summed E-state index contributed by atoms with van der Waals surface area (Å²) in [6.45, 7) is 0. The van der Waals surface area contributed by atoms with E-state index in [2.05, 4.69) is 25.7 Å². The number of nitriles is 1. The third kappa shape index (κ3) is 3.30. The highest BCUT2D eigenvalue weighted by molar-refractivity contribution is 9.10. The average Bonchev–Trinajstić information content (AvgIpc) is 2.21. The summed E-state index contributed by atoms with van der Waals surface area (Å²) in [4.78, 5) is 12.9. The summed E-state index contributed by atoms with van der Waals surface area (Å²) in [7, 11) is 0. The Morgan fingerprint density at radius 2 is 2.22 bits per heavy atom. The van der Waals surface area contributed by atoms with Crippen LogP contribution in [-0.2, 0) is 6.42 Å². The minimum atomic E-state index is -4.99. The SMILES string of the molecule is N#CCc1c(OC(F)(F)F)ncc([N+](=O)[O-])c1Br. The Labute approximate surface area is 106 Å². The molecule has 0 N–H and O–H groups in total. The minimum Gasteiger partial charge on any atom is -0.387 e. The number of pyridine rings is 1. The van der Waals surface area contributed by atoms with E-state index in [0.717, 1.165) is 0 Å². The maximum atomic E-state index is 12.1. The lowest BCUT2D eigenvalue weighted by molar-refractivity contribution is -0.386. The van der Waals surface area contributed by atoms with Crippen molar-refractivity contribution in [2.24, 2.45) is 0 Å². The standard InChI is InChI=1S/C8H3BrF3N3O3/c9-6-4(1-2-13)7(18-8(10,11)12)14-3-5(6)15(16)17/h3H,1H2. The van der Waals surface area contributed by atoms with Crippen LogP contribution in [0.4, 0.5) is 18.9 Å². The Balaban J connectivity index is 3.33. The summed E-state index contributed by atoms with van der Waals surface area (Å²) in [5, 5.41) is 19.1. The smallest absolute Gasteiger partial charge is 0.387 e. The van der Waals surface area contributed by atoms with Crippen molar-refractivity contribution in [2.45, 2.75) is 12.8 Å². The van der Waals surface area contributed by atoms with Gasteiger partial charge in [0.1, 0.15) is 10.7 Å². The van der Waals surface area contributed by atoms with Gasteiger partial charge in [0, 0.05) is 5.56 Å². The molecule has 0 aromatic carbocycles. The Morgan fingerprint density at radius 1 is 1.61 bits per heavy atom. The van der Waals surface area contributed by atoms with Gasteiger partial charge >= 0.3 is 12.0 Å². The summed E-state index contributed by atoms with van der Waals surface area (Å²) >= 11 is 2.76. The van der Waals surface area contributed by atoms with E-state index in [4.69, 9.17) is 5.26 Å².